The van der Waals surface area contributed by atoms with Gasteiger partial charge in [-0.2, -0.15) is 5.26 Å². The van der Waals surface area contributed by atoms with Crippen molar-refractivity contribution in [2.24, 2.45) is 5.92 Å². The highest BCUT2D eigenvalue weighted by Gasteiger charge is 2.24. The fraction of sp³-hybridized carbons (Fsp3) is 0.500. The zero-order valence-corrected chi connectivity index (χ0v) is 10.1. The Hall–Kier alpha value is -1.53. The van der Waals surface area contributed by atoms with Crippen molar-refractivity contribution in [1.82, 2.24) is 5.32 Å². The molecule has 0 radical (unpaired) electrons. The van der Waals surface area contributed by atoms with Crippen LogP contribution in [-0.2, 0) is 6.54 Å². The molecule has 3 heteroatoms. The first-order valence-electron chi connectivity index (χ1n) is 6.10. The first-order chi connectivity index (χ1) is 8.28. The van der Waals surface area contributed by atoms with E-state index in [0.29, 0.717) is 6.04 Å². The van der Waals surface area contributed by atoms with E-state index in [0.717, 1.165) is 18.2 Å². The largest absolute Gasteiger partial charge is 0.479 e. The van der Waals surface area contributed by atoms with E-state index in [1.165, 1.54) is 18.4 Å². The number of benzene rings is 1. The average molecular weight is 230 g/mol. The third kappa shape index (κ3) is 3.47. The van der Waals surface area contributed by atoms with Crippen LogP contribution in [0.1, 0.15) is 25.3 Å². The van der Waals surface area contributed by atoms with Gasteiger partial charge in [-0.3, -0.25) is 0 Å². The molecule has 0 atom stereocenters. The second-order valence-electron chi connectivity index (χ2n) is 4.75. The summed E-state index contributed by atoms with van der Waals surface area (Å²) in [5.41, 5.74) is 1.21. The Morgan fingerprint density at radius 2 is 2.29 bits per heavy atom. The predicted octanol–water partition coefficient (Wildman–Crippen LogP) is 2.48. The van der Waals surface area contributed by atoms with E-state index in [1.54, 1.807) is 0 Å². The fourth-order valence-corrected chi connectivity index (χ4v) is 2.19. The molecule has 0 aliphatic heterocycles. The van der Waals surface area contributed by atoms with Gasteiger partial charge < -0.3 is 10.1 Å². The Bertz CT molecular complexity index is 405. The number of rotatable bonds is 5. The van der Waals surface area contributed by atoms with Crippen molar-refractivity contribution in [2.45, 2.75) is 32.4 Å². The van der Waals surface area contributed by atoms with E-state index in [-0.39, 0.29) is 6.61 Å². The van der Waals surface area contributed by atoms with Gasteiger partial charge in [0.2, 0.25) is 0 Å². The van der Waals surface area contributed by atoms with Crippen LogP contribution in [0, 0.1) is 17.2 Å². The first kappa shape index (κ1) is 11.9. The molecule has 3 nitrogen and oxygen atoms in total. The molecule has 0 heterocycles. The third-order valence-electron chi connectivity index (χ3n) is 3.17. The zero-order chi connectivity index (χ0) is 12.1. The molecular weight excluding hydrogens is 212 g/mol. The number of hydrogen-bond acceptors (Lipinski definition) is 3. The van der Waals surface area contributed by atoms with E-state index < -0.39 is 0 Å². The van der Waals surface area contributed by atoms with Crippen LogP contribution < -0.4 is 10.1 Å². The lowest BCUT2D eigenvalue weighted by molar-refractivity contribution is 0.240. The molecule has 1 aliphatic rings. The third-order valence-corrected chi connectivity index (χ3v) is 3.17. The molecule has 17 heavy (non-hydrogen) atoms. The molecule has 0 aromatic heterocycles. The van der Waals surface area contributed by atoms with Crippen LogP contribution in [0.5, 0.6) is 5.75 Å². The van der Waals surface area contributed by atoms with Gasteiger partial charge in [0.15, 0.2) is 6.61 Å². The lowest BCUT2D eigenvalue weighted by Crippen LogP contribution is -2.39. The number of nitrogens with zero attached hydrogens (tertiary/aromatic N) is 1. The molecule has 0 amide bonds. The van der Waals surface area contributed by atoms with Crippen molar-refractivity contribution in [3.8, 4) is 11.8 Å². The van der Waals surface area contributed by atoms with Crippen molar-refractivity contribution < 1.29 is 4.74 Å². The van der Waals surface area contributed by atoms with Gasteiger partial charge in [0.1, 0.15) is 11.8 Å². The van der Waals surface area contributed by atoms with Crippen molar-refractivity contribution in [1.29, 1.82) is 5.26 Å². The molecule has 1 aromatic carbocycles. The molecule has 1 saturated carbocycles. The number of hydrogen-bond donors (Lipinski definition) is 1. The maximum Gasteiger partial charge on any atom is 0.174 e. The SMILES string of the molecule is CC1CC(NCc2cccc(OCC#N)c2)C1. The molecule has 2 rings (SSSR count). The number of ether oxygens (including phenoxy) is 1. The topological polar surface area (TPSA) is 45.0 Å². The number of nitriles is 1. The van der Waals surface area contributed by atoms with Gasteiger partial charge in [0.05, 0.1) is 0 Å². The van der Waals surface area contributed by atoms with Crippen LogP contribution in [0.2, 0.25) is 0 Å². The smallest absolute Gasteiger partial charge is 0.174 e. The molecule has 1 aliphatic carbocycles. The van der Waals surface area contributed by atoms with E-state index in [4.69, 9.17) is 10.00 Å². The van der Waals surface area contributed by atoms with Crippen molar-refractivity contribution >= 4 is 0 Å². The highest BCUT2D eigenvalue weighted by Crippen LogP contribution is 2.26. The van der Waals surface area contributed by atoms with Crippen molar-refractivity contribution in [3.05, 3.63) is 29.8 Å². The molecular formula is C14H18N2O. The normalized spacial score (nSPS) is 22.6. The number of nitrogens with one attached hydrogen (secondary N) is 1. The summed E-state index contributed by atoms with van der Waals surface area (Å²) in [7, 11) is 0. The van der Waals surface area contributed by atoms with Crippen LogP contribution in [0.15, 0.2) is 24.3 Å². The first-order valence-corrected chi connectivity index (χ1v) is 6.10. The minimum atomic E-state index is 0.108. The van der Waals surface area contributed by atoms with Crippen LogP contribution in [0.3, 0.4) is 0 Å². The molecule has 1 aromatic rings. The summed E-state index contributed by atoms with van der Waals surface area (Å²) in [6, 6.07) is 10.6. The maximum atomic E-state index is 8.45. The molecule has 0 saturated heterocycles. The summed E-state index contributed by atoms with van der Waals surface area (Å²) < 4.78 is 5.27. The zero-order valence-electron chi connectivity index (χ0n) is 10.1. The van der Waals surface area contributed by atoms with Gasteiger partial charge in [0, 0.05) is 12.6 Å². The highest BCUT2D eigenvalue weighted by atomic mass is 16.5. The molecule has 0 unspecified atom stereocenters. The standard InChI is InChI=1S/C14H18N2O/c1-11-7-13(8-11)16-10-12-3-2-4-14(9-12)17-6-5-15/h2-4,9,11,13,16H,6-8,10H2,1H3. The molecule has 0 spiro atoms. The summed E-state index contributed by atoms with van der Waals surface area (Å²) in [5, 5.41) is 12.0. The van der Waals surface area contributed by atoms with Gasteiger partial charge in [-0.25, -0.2) is 0 Å². The van der Waals surface area contributed by atoms with E-state index in [2.05, 4.69) is 18.3 Å². The maximum absolute atomic E-state index is 8.45. The molecule has 1 fully saturated rings. The van der Waals surface area contributed by atoms with Gasteiger partial charge in [-0.1, -0.05) is 19.1 Å². The fourth-order valence-electron chi connectivity index (χ4n) is 2.19. The van der Waals surface area contributed by atoms with E-state index >= 15 is 0 Å². The summed E-state index contributed by atoms with van der Waals surface area (Å²) in [5.74, 6) is 1.64. The molecule has 0 bridgehead atoms. The van der Waals surface area contributed by atoms with Gasteiger partial charge in [0.25, 0.3) is 0 Å². The predicted molar refractivity (Wildman–Crippen MR) is 66.6 cm³/mol. The van der Waals surface area contributed by atoms with E-state index in [9.17, 15) is 0 Å². The Labute approximate surface area is 102 Å². The van der Waals surface area contributed by atoms with Crippen LogP contribution in [0.4, 0.5) is 0 Å². The summed E-state index contributed by atoms with van der Waals surface area (Å²) in [6.07, 6.45) is 2.56. The van der Waals surface area contributed by atoms with Gasteiger partial charge in [-0.15, -0.1) is 0 Å². The lowest BCUT2D eigenvalue weighted by atomic mass is 9.82. The van der Waals surface area contributed by atoms with Crippen LogP contribution >= 0.6 is 0 Å². The second-order valence-corrected chi connectivity index (χ2v) is 4.75. The van der Waals surface area contributed by atoms with Gasteiger partial charge >= 0.3 is 0 Å². The quantitative estimate of drug-likeness (QED) is 0.845. The monoisotopic (exact) mass is 230 g/mol. The van der Waals surface area contributed by atoms with Crippen LogP contribution in [0.25, 0.3) is 0 Å². The summed E-state index contributed by atoms with van der Waals surface area (Å²) in [6.45, 7) is 3.27. The molecule has 90 valence electrons. The average Bonchev–Trinajstić information content (AvgIpc) is 2.31. The Morgan fingerprint density at radius 1 is 1.47 bits per heavy atom. The van der Waals surface area contributed by atoms with Crippen molar-refractivity contribution in [3.63, 3.8) is 0 Å². The Kier molecular flexibility index (Phi) is 4.00. The summed E-state index contributed by atoms with van der Waals surface area (Å²) in [4.78, 5) is 0. The Morgan fingerprint density at radius 3 is 3.00 bits per heavy atom. The van der Waals surface area contributed by atoms with Crippen molar-refractivity contribution in [2.75, 3.05) is 6.61 Å². The van der Waals surface area contributed by atoms with Gasteiger partial charge in [-0.05, 0) is 36.5 Å². The van der Waals surface area contributed by atoms with Crippen LogP contribution in [-0.4, -0.2) is 12.6 Å². The lowest BCUT2D eigenvalue weighted by Gasteiger charge is -2.33. The van der Waals surface area contributed by atoms with E-state index in [1.807, 2.05) is 24.3 Å². The highest BCUT2D eigenvalue weighted by molar-refractivity contribution is 5.28. The minimum absolute atomic E-state index is 0.108. The second kappa shape index (κ2) is 5.70. The summed E-state index contributed by atoms with van der Waals surface area (Å²) >= 11 is 0. The Balaban J connectivity index is 1.81. The minimum Gasteiger partial charge on any atom is -0.479 e. The molecule has 1 N–H and O–H groups in total.